The Morgan fingerprint density at radius 1 is 1.09 bits per heavy atom. The van der Waals surface area contributed by atoms with E-state index < -0.39 is 0 Å². The van der Waals surface area contributed by atoms with Gasteiger partial charge in [-0.05, 0) is 18.2 Å². The van der Waals surface area contributed by atoms with Crippen molar-refractivity contribution < 1.29 is 4.79 Å². The van der Waals surface area contributed by atoms with Gasteiger partial charge in [-0.25, -0.2) is 0 Å². The highest BCUT2D eigenvalue weighted by atomic mass is 16.2. The Kier molecular flexibility index (Phi) is 2.60. The van der Waals surface area contributed by atoms with E-state index in [2.05, 4.69) is 16.4 Å². The second-order valence-corrected chi connectivity index (χ2v) is 5.14. The van der Waals surface area contributed by atoms with E-state index >= 15 is 0 Å². The molecule has 0 fully saturated rings. The molecule has 4 nitrogen and oxygen atoms in total. The molecule has 0 spiro atoms. The molecule has 4 rings (SSSR count). The number of rotatable bonds is 1. The van der Waals surface area contributed by atoms with Crippen molar-refractivity contribution >= 4 is 34.1 Å². The summed E-state index contributed by atoms with van der Waals surface area (Å²) in [6.45, 7) is 0. The van der Waals surface area contributed by atoms with Crippen LogP contribution >= 0.6 is 0 Å². The predicted molar refractivity (Wildman–Crippen MR) is 86.0 cm³/mol. The molecule has 0 unspecified atom stereocenters. The molecule has 4 heteroatoms. The number of para-hydroxylation sites is 2. The van der Waals surface area contributed by atoms with Crippen LogP contribution in [0.5, 0.6) is 0 Å². The van der Waals surface area contributed by atoms with E-state index in [0.717, 1.165) is 22.0 Å². The molecular weight excluding hydrogens is 274 g/mol. The summed E-state index contributed by atoms with van der Waals surface area (Å²) in [5.41, 5.74) is 4.41. The van der Waals surface area contributed by atoms with E-state index in [0.29, 0.717) is 16.8 Å². The number of H-pyrrole nitrogens is 1. The SMILES string of the molecule is N#Cc1cccc2c1NC(=O)/C2=C/c1c[nH]c2ccccc12. The number of fused-ring (bicyclic) bond motifs is 2. The fraction of sp³-hybridized carbons (Fsp3) is 0. The van der Waals surface area contributed by atoms with Crippen LogP contribution in [0.25, 0.3) is 22.6 Å². The number of aromatic amines is 1. The average Bonchev–Trinajstić information content (AvgIpc) is 3.09. The Bertz CT molecular complexity index is 989. The summed E-state index contributed by atoms with van der Waals surface area (Å²) in [5, 5.41) is 13.0. The maximum Gasteiger partial charge on any atom is 0.256 e. The summed E-state index contributed by atoms with van der Waals surface area (Å²) in [6, 6.07) is 15.4. The van der Waals surface area contributed by atoms with E-state index in [1.807, 2.05) is 42.6 Å². The molecule has 0 radical (unpaired) electrons. The molecule has 1 aromatic heterocycles. The molecule has 3 aromatic rings. The predicted octanol–water partition coefficient (Wildman–Crippen LogP) is 3.53. The van der Waals surface area contributed by atoms with Gasteiger partial charge in [0.25, 0.3) is 5.91 Å². The maximum absolute atomic E-state index is 12.3. The van der Waals surface area contributed by atoms with Gasteiger partial charge in [-0.3, -0.25) is 4.79 Å². The van der Waals surface area contributed by atoms with E-state index in [1.165, 1.54) is 0 Å². The van der Waals surface area contributed by atoms with Crippen LogP contribution < -0.4 is 5.32 Å². The van der Waals surface area contributed by atoms with Gasteiger partial charge in [0.2, 0.25) is 0 Å². The molecule has 1 aliphatic heterocycles. The van der Waals surface area contributed by atoms with Crippen LogP contribution in [0.15, 0.2) is 48.7 Å². The lowest BCUT2D eigenvalue weighted by atomic mass is 10.0. The second-order valence-electron chi connectivity index (χ2n) is 5.14. The zero-order chi connectivity index (χ0) is 15.1. The summed E-state index contributed by atoms with van der Waals surface area (Å²) < 4.78 is 0. The molecule has 0 saturated heterocycles. The van der Waals surface area contributed by atoms with Crippen LogP contribution in [0.2, 0.25) is 0 Å². The summed E-state index contributed by atoms with van der Waals surface area (Å²) >= 11 is 0. The Morgan fingerprint density at radius 3 is 2.82 bits per heavy atom. The van der Waals surface area contributed by atoms with Gasteiger partial charge in [-0.2, -0.15) is 5.26 Å². The zero-order valence-electron chi connectivity index (χ0n) is 11.6. The smallest absolute Gasteiger partial charge is 0.256 e. The summed E-state index contributed by atoms with van der Waals surface area (Å²) in [7, 11) is 0. The molecule has 2 heterocycles. The molecule has 0 atom stereocenters. The summed E-state index contributed by atoms with van der Waals surface area (Å²) in [6.07, 6.45) is 3.75. The van der Waals surface area contributed by atoms with Crippen LogP contribution in [0.1, 0.15) is 16.7 Å². The minimum atomic E-state index is -0.178. The number of amides is 1. The van der Waals surface area contributed by atoms with Crippen molar-refractivity contribution in [2.24, 2.45) is 0 Å². The first-order chi connectivity index (χ1) is 10.8. The standard InChI is InChI=1S/C18H11N3O/c19-9-11-4-3-6-14-15(18(22)21-17(11)14)8-12-10-20-16-7-2-1-5-13(12)16/h1-8,10,20H,(H,21,22)/b15-8+. The third kappa shape index (κ3) is 1.73. The van der Waals surface area contributed by atoms with Crippen LogP contribution in [-0.4, -0.2) is 10.9 Å². The average molecular weight is 285 g/mol. The van der Waals surface area contributed by atoms with E-state index in [9.17, 15) is 4.79 Å². The largest absolute Gasteiger partial charge is 0.361 e. The number of nitrogens with one attached hydrogen (secondary N) is 2. The minimum Gasteiger partial charge on any atom is -0.361 e. The number of hydrogen-bond acceptors (Lipinski definition) is 2. The van der Waals surface area contributed by atoms with Gasteiger partial charge in [0.15, 0.2) is 0 Å². The van der Waals surface area contributed by atoms with Crippen molar-refractivity contribution in [2.75, 3.05) is 5.32 Å². The van der Waals surface area contributed by atoms with Gasteiger partial charge in [-0.1, -0.05) is 30.3 Å². The lowest BCUT2D eigenvalue weighted by Gasteiger charge is -1.99. The molecular formula is C18H11N3O. The number of hydrogen-bond donors (Lipinski definition) is 2. The number of nitriles is 1. The maximum atomic E-state index is 12.3. The molecule has 1 amide bonds. The third-order valence-electron chi connectivity index (χ3n) is 3.88. The van der Waals surface area contributed by atoms with E-state index in [-0.39, 0.29) is 5.91 Å². The number of benzene rings is 2. The molecule has 22 heavy (non-hydrogen) atoms. The van der Waals surface area contributed by atoms with Crippen LogP contribution in [0.4, 0.5) is 5.69 Å². The normalized spacial score (nSPS) is 14.9. The van der Waals surface area contributed by atoms with E-state index in [1.54, 1.807) is 12.1 Å². The lowest BCUT2D eigenvalue weighted by molar-refractivity contribution is -0.110. The van der Waals surface area contributed by atoms with Crippen LogP contribution in [0.3, 0.4) is 0 Å². The molecule has 2 N–H and O–H groups in total. The molecule has 2 aromatic carbocycles. The highest BCUT2D eigenvalue weighted by molar-refractivity contribution is 6.35. The van der Waals surface area contributed by atoms with Crippen molar-refractivity contribution in [1.29, 1.82) is 5.26 Å². The number of aromatic nitrogens is 1. The van der Waals surface area contributed by atoms with Crippen molar-refractivity contribution in [1.82, 2.24) is 4.98 Å². The monoisotopic (exact) mass is 285 g/mol. The quantitative estimate of drug-likeness (QED) is 0.671. The van der Waals surface area contributed by atoms with Crippen molar-refractivity contribution in [3.63, 3.8) is 0 Å². The highest BCUT2D eigenvalue weighted by Crippen LogP contribution is 2.36. The van der Waals surface area contributed by atoms with Gasteiger partial charge >= 0.3 is 0 Å². The van der Waals surface area contributed by atoms with E-state index in [4.69, 9.17) is 5.26 Å². The van der Waals surface area contributed by atoms with Gasteiger partial charge < -0.3 is 10.3 Å². The van der Waals surface area contributed by atoms with Crippen molar-refractivity contribution in [3.8, 4) is 6.07 Å². The number of anilines is 1. The minimum absolute atomic E-state index is 0.178. The van der Waals surface area contributed by atoms with Crippen LogP contribution in [0, 0.1) is 11.3 Å². The van der Waals surface area contributed by atoms with Crippen molar-refractivity contribution in [2.45, 2.75) is 0 Å². The Hall–Kier alpha value is -3.32. The summed E-state index contributed by atoms with van der Waals surface area (Å²) in [4.78, 5) is 15.5. The Labute approximate surface area is 126 Å². The lowest BCUT2D eigenvalue weighted by Crippen LogP contribution is -2.04. The molecule has 104 valence electrons. The zero-order valence-corrected chi connectivity index (χ0v) is 11.6. The molecule has 0 bridgehead atoms. The molecule has 1 aliphatic rings. The first-order valence-electron chi connectivity index (χ1n) is 6.90. The fourth-order valence-electron chi connectivity index (χ4n) is 2.82. The van der Waals surface area contributed by atoms with Crippen LogP contribution in [-0.2, 0) is 4.79 Å². The fourth-order valence-corrected chi connectivity index (χ4v) is 2.82. The molecule has 0 saturated carbocycles. The van der Waals surface area contributed by atoms with Gasteiger partial charge in [-0.15, -0.1) is 0 Å². The van der Waals surface area contributed by atoms with Gasteiger partial charge in [0.05, 0.1) is 11.3 Å². The highest BCUT2D eigenvalue weighted by Gasteiger charge is 2.26. The topological polar surface area (TPSA) is 68.7 Å². The van der Waals surface area contributed by atoms with Gasteiger partial charge in [0.1, 0.15) is 6.07 Å². The van der Waals surface area contributed by atoms with Crippen molar-refractivity contribution in [3.05, 3.63) is 65.4 Å². The molecule has 0 aliphatic carbocycles. The Balaban J connectivity index is 1.91. The third-order valence-corrected chi connectivity index (χ3v) is 3.88. The van der Waals surface area contributed by atoms with Gasteiger partial charge in [0, 0.05) is 33.8 Å². The summed E-state index contributed by atoms with van der Waals surface area (Å²) in [5.74, 6) is -0.178. The number of nitrogens with zero attached hydrogens (tertiary/aromatic N) is 1. The first-order valence-corrected chi connectivity index (χ1v) is 6.90. The first kappa shape index (κ1) is 12.4. The second kappa shape index (κ2) is 4.61. The Morgan fingerprint density at radius 2 is 1.95 bits per heavy atom. The number of carbonyl (C=O) groups excluding carboxylic acids is 1. The number of carbonyl (C=O) groups is 1.